The minimum Gasteiger partial charge on any atom is -0.483 e. The smallest absolute Gasteiger partial charge is 0.337 e. The van der Waals surface area contributed by atoms with Crippen molar-refractivity contribution in [3.63, 3.8) is 0 Å². The van der Waals surface area contributed by atoms with Gasteiger partial charge in [-0.2, -0.15) is 9.97 Å². The lowest BCUT2D eigenvalue weighted by Crippen LogP contribution is -2.33. The van der Waals surface area contributed by atoms with E-state index in [1.165, 1.54) is 31.4 Å². The largest absolute Gasteiger partial charge is 0.483 e. The highest BCUT2D eigenvalue weighted by atomic mass is 35.5. The summed E-state index contributed by atoms with van der Waals surface area (Å²) in [5.74, 6) is 1.40. The molecular formula is C44H44Cl2F2N8O7. The van der Waals surface area contributed by atoms with E-state index in [-0.39, 0.29) is 49.0 Å². The molecular weight excluding hydrogens is 861 g/mol. The number of fused-ring (bicyclic) bond motifs is 1. The van der Waals surface area contributed by atoms with Gasteiger partial charge in [-0.15, -0.1) is 0 Å². The van der Waals surface area contributed by atoms with Crippen LogP contribution in [0.15, 0.2) is 79.1 Å². The number of nitrogens with one attached hydrogen (secondary N) is 1. The second-order valence-corrected chi connectivity index (χ2v) is 15.8. The van der Waals surface area contributed by atoms with Gasteiger partial charge >= 0.3 is 5.97 Å². The van der Waals surface area contributed by atoms with Crippen LogP contribution in [0.2, 0.25) is 10.0 Å². The Hall–Kier alpha value is -5.72. The Morgan fingerprint density at radius 1 is 0.825 bits per heavy atom. The topological polar surface area (TPSA) is 157 Å². The molecule has 3 aliphatic heterocycles. The van der Waals surface area contributed by atoms with Crippen LogP contribution in [0.1, 0.15) is 47.1 Å². The van der Waals surface area contributed by atoms with E-state index in [9.17, 15) is 13.6 Å². The van der Waals surface area contributed by atoms with E-state index in [0.29, 0.717) is 58.7 Å². The molecule has 3 aromatic heterocycles. The molecule has 3 saturated heterocycles. The summed E-state index contributed by atoms with van der Waals surface area (Å²) in [5, 5.41) is 3.84. The first-order chi connectivity index (χ1) is 30.6. The number of likely N-dealkylation sites (tertiary alicyclic amines) is 1. The van der Waals surface area contributed by atoms with Crippen molar-refractivity contribution in [2.45, 2.75) is 63.9 Å². The first-order valence-electron chi connectivity index (χ1n) is 20.4. The molecule has 1 N–H and O–H groups in total. The van der Waals surface area contributed by atoms with Gasteiger partial charge in [0.05, 0.1) is 42.9 Å². The summed E-state index contributed by atoms with van der Waals surface area (Å²) in [6, 6.07) is 17.3. The van der Waals surface area contributed by atoms with Crippen LogP contribution in [0, 0.1) is 11.6 Å². The predicted octanol–water partition coefficient (Wildman–Crippen LogP) is 7.02. The molecule has 0 aliphatic carbocycles. The highest BCUT2D eigenvalue weighted by Gasteiger charge is 2.28. The van der Waals surface area contributed by atoms with Crippen LogP contribution in [-0.4, -0.2) is 98.6 Å². The summed E-state index contributed by atoms with van der Waals surface area (Å²) in [7, 11) is 1.38. The van der Waals surface area contributed by atoms with Crippen LogP contribution in [0.4, 0.5) is 8.78 Å². The van der Waals surface area contributed by atoms with Gasteiger partial charge in [0.15, 0.2) is 34.8 Å². The van der Waals surface area contributed by atoms with E-state index in [1.807, 2.05) is 12.1 Å². The Kier molecular flexibility index (Phi) is 14.4. The van der Waals surface area contributed by atoms with Gasteiger partial charge in [-0.05, 0) is 80.4 Å². The molecule has 6 aromatic rings. The molecule has 3 aromatic carbocycles. The number of halogens is 4. The molecule has 0 amide bonds. The molecule has 0 saturated carbocycles. The van der Waals surface area contributed by atoms with Crippen molar-refractivity contribution in [1.29, 1.82) is 0 Å². The van der Waals surface area contributed by atoms with Crippen molar-refractivity contribution >= 4 is 40.2 Å². The molecule has 0 unspecified atom stereocenters. The minimum absolute atomic E-state index is 0.00877. The summed E-state index contributed by atoms with van der Waals surface area (Å²) in [6.07, 6.45) is 6.16. The second kappa shape index (κ2) is 20.6. The predicted molar refractivity (Wildman–Crippen MR) is 227 cm³/mol. The fraction of sp³-hybridized carbons (Fsp3) is 0.364. The highest BCUT2D eigenvalue weighted by molar-refractivity contribution is 6.30. The van der Waals surface area contributed by atoms with E-state index < -0.39 is 11.6 Å². The van der Waals surface area contributed by atoms with Crippen molar-refractivity contribution in [2.24, 2.45) is 0 Å². The number of hydrogen-bond acceptors (Lipinski definition) is 14. The molecule has 0 bridgehead atoms. The van der Waals surface area contributed by atoms with Crippen LogP contribution >= 0.6 is 23.2 Å². The second-order valence-electron chi connectivity index (χ2n) is 15.0. The first kappa shape index (κ1) is 43.9. The summed E-state index contributed by atoms with van der Waals surface area (Å²) in [5.41, 5.74) is 2.21. The van der Waals surface area contributed by atoms with E-state index in [0.717, 1.165) is 62.4 Å². The lowest BCUT2D eigenvalue weighted by Gasteiger charge is -2.28. The van der Waals surface area contributed by atoms with Crippen molar-refractivity contribution in [2.75, 3.05) is 39.9 Å². The van der Waals surface area contributed by atoms with Gasteiger partial charge in [0, 0.05) is 60.8 Å². The Bertz CT molecular complexity index is 2530. The molecule has 19 heteroatoms. The Morgan fingerprint density at radius 3 is 2.05 bits per heavy atom. The average molecular weight is 906 g/mol. The first-order valence-corrected chi connectivity index (χ1v) is 21.2. The van der Waals surface area contributed by atoms with Gasteiger partial charge in [0.25, 0.3) is 0 Å². The SMILES string of the molecule is COC(=O)c1ccc2nc(CN3CC[C@H](Oc4ccnc(COc5ccc(Cl)cc5F)n4)C3)n(C[C@@H]3CCO3)c2c1.Fc1cc(Cl)ccc1OCc1nccc(O[C@H]2CCNC2)n1. The zero-order valence-electron chi connectivity index (χ0n) is 34.2. The molecule has 0 radical (unpaired) electrons. The molecule has 6 heterocycles. The maximum absolute atomic E-state index is 14.0. The number of hydrogen-bond donors (Lipinski definition) is 1. The molecule has 3 aliphatic rings. The van der Waals surface area contributed by atoms with Crippen molar-refractivity contribution < 1.29 is 42.0 Å². The number of aromatic nitrogens is 6. The Morgan fingerprint density at radius 2 is 1.48 bits per heavy atom. The van der Waals surface area contributed by atoms with E-state index in [2.05, 4.69) is 34.7 Å². The number of nitrogens with zero attached hydrogens (tertiary/aromatic N) is 7. The van der Waals surface area contributed by atoms with Gasteiger partial charge < -0.3 is 38.3 Å². The number of ether oxygens (including phenoxy) is 6. The quantitative estimate of drug-likeness (QED) is 0.105. The van der Waals surface area contributed by atoms with Gasteiger partial charge in [-0.1, -0.05) is 23.2 Å². The van der Waals surface area contributed by atoms with Crippen molar-refractivity contribution in [1.82, 2.24) is 39.7 Å². The lowest BCUT2D eigenvalue weighted by molar-refractivity contribution is -0.0591. The van der Waals surface area contributed by atoms with E-state index in [1.54, 1.807) is 42.7 Å². The number of imidazole rings is 1. The number of carbonyl (C=O) groups excluding carboxylic acids is 1. The molecule has 3 atom stereocenters. The number of methoxy groups -OCH3 is 1. The molecule has 15 nitrogen and oxygen atoms in total. The lowest BCUT2D eigenvalue weighted by atomic mass is 10.1. The highest BCUT2D eigenvalue weighted by Crippen LogP contribution is 2.27. The standard InChI is InChI=1S/C29H29ClFN5O5.C15H15ClFN3O2/c1-38-29(37)18-2-4-23-24(12-18)36(15-20-8-11-39-20)27(33-23)16-35-10-7-21(14-35)41-28-6-9-32-26(34-28)17-40-25-5-3-19(30)13-22(25)31;16-10-1-2-13(12(17)7-10)21-9-14-19-6-4-15(20-14)22-11-3-5-18-8-11/h2-6,9,12-13,20-21H,7-8,10-11,14-17H2,1H3;1-2,4,6-7,11,18H,3,5,8-9H2/t20-,21-;11-/m00/s1. The summed E-state index contributed by atoms with van der Waals surface area (Å²) < 4.78 is 63.2. The maximum atomic E-state index is 14.0. The van der Waals surface area contributed by atoms with Crippen LogP contribution < -0.4 is 24.3 Å². The number of benzene rings is 3. The summed E-state index contributed by atoms with van der Waals surface area (Å²) in [6.45, 7) is 5.40. The minimum atomic E-state index is -0.548. The third-order valence-corrected chi connectivity index (χ3v) is 10.9. The van der Waals surface area contributed by atoms with Gasteiger partial charge in [0.2, 0.25) is 11.8 Å². The molecule has 3 fully saturated rings. The Balaban J connectivity index is 0.000000208. The van der Waals surface area contributed by atoms with Gasteiger partial charge in [-0.25, -0.2) is 28.5 Å². The van der Waals surface area contributed by atoms with Crippen LogP contribution in [0.25, 0.3) is 11.0 Å². The average Bonchev–Trinajstić information content (AvgIpc) is 4.02. The number of esters is 1. The zero-order valence-corrected chi connectivity index (χ0v) is 35.7. The number of rotatable bonds is 15. The molecule has 330 valence electrons. The fourth-order valence-electron chi connectivity index (χ4n) is 7.18. The zero-order chi connectivity index (χ0) is 43.7. The maximum Gasteiger partial charge on any atom is 0.337 e. The number of carbonyl (C=O) groups is 1. The van der Waals surface area contributed by atoms with Crippen LogP contribution in [0.5, 0.6) is 23.3 Å². The van der Waals surface area contributed by atoms with E-state index >= 15 is 0 Å². The molecule has 0 spiro atoms. The van der Waals surface area contributed by atoms with Gasteiger partial charge in [-0.3, -0.25) is 4.90 Å². The van der Waals surface area contributed by atoms with Crippen molar-refractivity contribution in [3.8, 4) is 23.3 Å². The monoisotopic (exact) mass is 904 g/mol. The van der Waals surface area contributed by atoms with Crippen molar-refractivity contribution in [3.05, 3.63) is 124 Å². The third-order valence-electron chi connectivity index (χ3n) is 10.5. The summed E-state index contributed by atoms with van der Waals surface area (Å²) >= 11 is 11.5. The van der Waals surface area contributed by atoms with E-state index in [4.69, 9.17) is 56.6 Å². The summed E-state index contributed by atoms with van der Waals surface area (Å²) in [4.78, 5) is 36.3. The normalized spacial score (nSPS) is 18.3. The fourth-order valence-corrected chi connectivity index (χ4v) is 7.50. The van der Waals surface area contributed by atoms with Gasteiger partial charge in [0.1, 0.15) is 31.2 Å². The molecule has 9 rings (SSSR count). The Labute approximate surface area is 371 Å². The third kappa shape index (κ3) is 11.7. The molecule has 63 heavy (non-hydrogen) atoms. The van der Waals surface area contributed by atoms with Crippen LogP contribution in [-0.2, 0) is 35.8 Å². The van der Waals surface area contributed by atoms with Crippen LogP contribution in [0.3, 0.4) is 0 Å².